The van der Waals surface area contributed by atoms with E-state index in [0.29, 0.717) is 28.2 Å². The van der Waals surface area contributed by atoms with Crippen LogP contribution in [0.3, 0.4) is 0 Å². The molecule has 1 amide bonds. The summed E-state index contributed by atoms with van der Waals surface area (Å²) < 4.78 is 43.6. The number of nitrogens with one attached hydrogen (secondary N) is 2. The van der Waals surface area contributed by atoms with Gasteiger partial charge in [0.15, 0.2) is 5.65 Å². The number of para-hydroxylation sites is 1. The largest absolute Gasteiger partial charge is 0.322 e. The highest BCUT2D eigenvalue weighted by Crippen LogP contribution is 2.40. The van der Waals surface area contributed by atoms with E-state index in [1.54, 1.807) is 23.0 Å². The van der Waals surface area contributed by atoms with Gasteiger partial charge in [-0.15, -0.1) is 0 Å². The normalized spacial score (nSPS) is 13.8. The first-order chi connectivity index (χ1) is 16.7. The standard InChI is InChI=1S/C25H24FN5O3S/c1-15(2)31-24-20(14-27-31)19(13-23(29-24)16-10-11-16)25(32)28-17-6-5-7-18(12-17)35(33,34)30-22-9-4-3-8-21(22)26/h3-9,12-16,30H,10-11H2,1-2H3,(H,28,32). The molecule has 0 aliphatic heterocycles. The molecule has 1 aliphatic rings. The number of pyridine rings is 1. The van der Waals surface area contributed by atoms with E-state index in [1.807, 2.05) is 13.8 Å². The van der Waals surface area contributed by atoms with E-state index in [0.717, 1.165) is 18.5 Å². The van der Waals surface area contributed by atoms with Crippen LogP contribution < -0.4 is 10.0 Å². The van der Waals surface area contributed by atoms with Crippen LogP contribution in [0, 0.1) is 5.82 Å². The summed E-state index contributed by atoms with van der Waals surface area (Å²) in [6.07, 6.45) is 3.70. The summed E-state index contributed by atoms with van der Waals surface area (Å²) in [6.45, 7) is 4.00. The van der Waals surface area contributed by atoms with Crippen molar-refractivity contribution in [3.8, 4) is 0 Å². The lowest BCUT2D eigenvalue weighted by Gasteiger charge is -2.12. The molecule has 2 aromatic heterocycles. The number of amides is 1. The molecule has 35 heavy (non-hydrogen) atoms. The minimum atomic E-state index is -4.07. The van der Waals surface area contributed by atoms with E-state index >= 15 is 0 Å². The molecule has 2 aromatic carbocycles. The van der Waals surface area contributed by atoms with Crippen molar-refractivity contribution in [2.24, 2.45) is 0 Å². The van der Waals surface area contributed by atoms with Crippen LogP contribution >= 0.6 is 0 Å². The maximum absolute atomic E-state index is 14.0. The van der Waals surface area contributed by atoms with Gasteiger partial charge in [-0.3, -0.25) is 9.52 Å². The average Bonchev–Trinajstić information content (AvgIpc) is 3.58. The molecule has 10 heteroatoms. The van der Waals surface area contributed by atoms with Crippen molar-refractivity contribution in [1.29, 1.82) is 0 Å². The van der Waals surface area contributed by atoms with Gasteiger partial charge in [0.05, 0.1) is 27.7 Å². The molecule has 2 N–H and O–H groups in total. The Morgan fingerprint density at radius 3 is 2.60 bits per heavy atom. The molecule has 0 atom stereocenters. The van der Waals surface area contributed by atoms with Crippen LogP contribution in [0.2, 0.25) is 0 Å². The second kappa shape index (κ2) is 8.77. The third-order valence-corrected chi connectivity index (χ3v) is 7.20. The van der Waals surface area contributed by atoms with Crippen molar-refractivity contribution < 1.29 is 17.6 Å². The SMILES string of the molecule is CC(C)n1ncc2c(C(=O)Nc3cccc(S(=O)(=O)Nc4ccccc4F)c3)cc(C3CC3)nc21. The predicted octanol–water partition coefficient (Wildman–Crippen LogP) is 5.08. The van der Waals surface area contributed by atoms with E-state index in [-0.39, 0.29) is 22.5 Å². The van der Waals surface area contributed by atoms with Crippen LogP contribution in [0.15, 0.2) is 65.7 Å². The Labute approximate surface area is 202 Å². The molecule has 1 fully saturated rings. The molecule has 8 nitrogen and oxygen atoms in total. The maximum atomic E-state index is 14.0. The molecule has 5 rings (SSSR count). The number of benzene rings is 2. The van der Waals surface area contributed by atoms with Crippen LogP contribution in [0.25, 0.3) is 11.0 Å². The van der Waals surface area contributed by atoms with Gasteiger partial charge >= 0.3 is 0 Å². The van der Waals surface area contributed by atoms with Gasteiger partial charge in [0.25, 0.3) is 15.9 Å². The van der Waals surface area contributed by atoms with E-state index in [2.05, 4.69) is 15.1 Å². The molecule has 0 bridgehead atoms. The van der Waals surface area contributed by atoms with E-state index < -0.39 is 15.8 Å². The topological polar surface area (TPSA) is 106 Å². The van der Waals surface area contributed by atoms with Gasteiger partial charge in [0, 0.05) is 23.3 Å². The molecular formula is C25H24FN5O3S. The number of rotatable bonds is 7. The summed E-state index contributed by atoms with van der Waals surface area (Å²) in [5.41, 5.74) is 2.08. The van der Waals surface area contributed by atoms with Crippen molar-refractivity contribution in [2.45, 2.75) is 43.5 Å². The van der Waals surface area contributed by atoms with Gasteiger partial charge in [0.2, 0.25) is 0 Å². The number of hydrogen-bond acceptors (Lipinski definition) is 5. The monoisotopic (exact) mass is 493 g/mol. The van der Waals surface area contributed by atoms with Crippen molar-refractivity contribution in [2.75, 3.05) is 10.0 Å². The van der Waals surface area contributed by atoms with E-state index in [4.69, 9.17) is 4.98 Å². The van der Waals surface area contributed by atoms with E-state index in [1.165, 1.54) is 42.5 Å². The molecule has 1 saturated carbocycles. The summed E-state index contributed by atoms with van der Waals surface area (Å²) in [4.78, 5) is 18.0. The van der Waals surface area contributed by atoms with Crippen LogP contribution in [-0.2, 0) is 10.0 Å². The van der Waals surface area contributed by atoms with Gasteiger partial charge < -0.3 is 5.32 Å². The Morgan fingerprint density at radius 1 is 1.11 bits per heavy atom. The molecule has 1 aliphatic carbocycles. The zero-order valence-corrected chi connectivity index (χ0v) is 20.0. The second-order valence-electron chi connectivity index (χ2n) is 8.86. The minimum absolute atomic E-state index is 0.0780. The number of nitrogens with zero attached hydrogens (tertiary/aromatic N) is 3. The van der Waals surface area contributed by atoms with Crippen LogP contribution in [0.1, 0.15) is 54.7 Å². The van der Waals surface area contributed by atoms with Crippen LogP contribution in [0.5, 0.6) is 0 Å². The summed E-state index contributed by atoms with van der Waals surface area (Å²) in [6, 6.07) is 13.2. The number of fused-ring (bicyclic) bond motifs is 1. The van der Waals surface area contributed by atoms with Crippen molar-refractivity contribution >= 4 is 38.3 Å². The highest BCUT2D eigenvalue weighted by atomic mass is 32.2. The van der Waals surface area contributed by atoms with Crippen LogP contribution in [-0.4, -0.2) is 29.1 Å². The number of aromatic nitrogens is 3. The minimum Gasteiger partial charge on any atom is -0.322 e. The first kappa shape index (κ1) is 23.0. The Balaban J connectivity index is 1.45. The van der Waals surface area contributed by atoms with Gasteiger partial charge in [-0.1, -0.05) is 18.2 Å². The van der Waals surface area contributed by atoms with Crippen molar-refractivity contribution in [1.82, 2.24) is 14.8 Å². The number of hydrogen-bond donors (Lipinski definition) is 2. The van der Waals surface area contributed by atoms with Gasteiger partial charge in [-0.2, -0.15) is 5.10 Å². The van der Waals surface area contributed by atoms with Gasteiger partial charge in [-0.05, 0) is 63.1 Å². The third kappa shape index (κ3) is 4.61. The molecular weight excluding hydrogens is 469 g/mol. The maximum Gasteiger partial charge on any atom is 0.262 e. The molecule has 180 valence electrons. The van der Waals surface area contributed by atoms with Crippen molar-refractivity contribution in [3.63, 3.8) is 0 Å². The molecule has 0 unspecified atom stereocenters. The zero-order chi connectivity index (χ0) is 24.7. The number of sulfonamides is 1. The summed E-state index contributed by atoms with van der Waals surface area (Å²) >= 11 is 0. The van der Waals surface area contributed by atoms with Gasteiger partial charge in [-0.25, -0.2) is 22.5 Å². The highest BCUT2D eigenvalue weighted by Gasteiger charge is 2.28. The molecule has 0 saturated heterocycles. The Bertz CT molecular complexity index is 1540. The quantitative estimate of drug-likeness (QED) is 0.373. The third-order valence-electron chi connectivity index (χ3n) is 5.84. The zero-order valence-electron chi connectivity index (χ0n) is 19.2. The lowest BCUT2D eigenvalue weighted by atomic mass is 10.1. The molecule has 2 heterocycles. The average molecular weight is 494 g/mol. The number of anilines is 2. The van der Waals surface area contributed by atoms with E-state index in [9.17, 15) is 17.6 Å². The Hall–Kier alpha value is -3.79. The lowest BCUT2D eigenvalue weighted by Crippen LogP contribution is -2.16. The fourth-order valence-corrected chi connectivity index (χ4v) is 4.99. The lowest BCUT2D eigenvalue weighted by molar-refractivity contribution is 0.102. The Kier molecular flexibility index (Phi) is 5.76. The summed E-state index contributed by atoms with van der Waals surface area (Å²) in [5, 5.41) is 7.84. The smallest absolute Gasteiger partial charge is 0.262 e. The predicted molar refractivity (Wildman–Crippen MR) is 131 cm³/mol. The molecule has 0 radical (unpaired) electrons. The first-order valence-corrected chi connectivity index (χ1v) is 12.8. The fourth-order valence-electron chi connectivity index (χ4n) is 3.88. The molecule has 4 aromatic rings. The second-order valence-corrected chi connectivity index (χ2v) is 10.5. The van der Waals surface area contributed by atoms with Gasteiger partial charge in [0.1, 0.15) is 5.82 Å². The number of carbonyl (C=O) groups excluding carboxylic acids is 1. The molecule has 0 spiro atoms. The van der Waals surface area contributed by atoms with Crippen molar-refractivity contribution in [3.05, 3.63) is 77.9 Å². The first-order valence-electron chi connectivity index (χ1n) is 11.3. The van der Waals surface area contributed by atoms with Crippen LogP contribution in [0.4, 0.5) is 15.8 Å². The Morgan fingerprint density at radius 2 is 1.89 bits per heavy atom. The number of halogens is 1. The summed E-state index contributed by atoms with van der Waals surface area (Å²) in [7, 11) is -4.07. The fraction of sp³-hybridized carbons (Fsp3) is 0.240. The summed E-state index contributed by atoms with van der Waals surface area (Å²) in [5.74, 6) is -0.741. The highest BCUT2D eigenvalue weighted by molar-refractivity contribution is 7.92. The number of carbonyl (C=O) groups is 1.